The van der Waals surface area contributed by atoms with Crippen molar-refractivity contribution in [2.75, 3.05) is 24.6 Å². The number of rotatable bonds is 10. The van der Waals surface area contributed by atoms with Gasteiger partial charge >= 0.3 is 0 Å². The molecule has 1 spiro atoms. The molecule has 3 saturated heterocycles. The lowest BCUT2D eigenvalue weighted by Crippen LogP contribution is -2.60. The summed E-state index contributed by atoms with van der Waals surface area (Å²) < 4.78 is 6.70. The quantitative estimate of drug-likeness (QED) is 0.433. The van der Waals surface area contributed by atoms with Crippen LogP contribution >= 0.6 is 0 Å². The molecule has 3 aliphatic heterocycles. The van der Waals surface area contributed by atoms with Gasteiger partial charge in [0.2, 0.25) is 17.7 Å². The molecule has 8 heteroatoms. The summed E-state index contributed by atoms with van der Waals surface area (Å²) in [6, 6.07) is 16.8. The summed E-state index contributed by atoms with van der Waals surface area (Å²) in [5, 5.41) is 10.7. The number of likely N-dealkylation sites (tertiary alicyclic amines) is 1. The number of nitrogens with zero attached hydrogens (tertiary/aromatic N) is 3. The van der Waals surface area contributed by atoms with Crippen LogP contribution in [-0.4, -0.2) is 75.6 Å². The van der Waals surface area contributed by atoms with Gasteiger partial charge in [-0.25, -0.2) is 0 Å². The van der Waals surface area contributed by atoms with Gasteiger partial charge in [0.25, 0.3) is 0 Å². The van der Waals surface area contributed by atoms with E-state index in [1.807, 2.05) is 81.4 Å². The van der Waals surface area contributed by atoms with Crippen molar-refractivity contribution in [2.45, 2.75) is 62.9 Å². The van der Waals surface area contributed by atoms with Crippen LogP contribution in [0.25, 0.3) is 0 Å². The number of para-hydroxylation sites is 1. The molecule has 5 rings (SSSR count). The van der Waals surface area contributed by atoms with Crippen LogP contribution in [0.2, 0.25) is 0 Å². The van der Waals surface area contributed by atoms with Gasteiger partial charge in [0, 0.05) is 24.3 Å². The summed E-state index contributed by atoms with van der Waals surface area (Å²) in [7, 11) is 0. The van der Waals surface area contributed by atoms with Crippen LogP contribution in [0.15, 0.2) is 86.0 Å². The van der Waals surface area contributed by atoms with Crippen LogP contribution in [0.1, 0.15) is 45.2 Å². The number of benzene rings is 2. The maximum atomic E-state index is 14.7. The first-order valence-electron chi connectivity index (χ1n) is 14.7. The SMILES string of the molecule is C=CCN(C(=O)[C@@H]1[C@@H]2CCC3(O2)C(C(=O)N(CC=C)C(C)(C)C)N([C@H](CO)c2ccccc2)C(=O)[C@H]13)c1ccccc1. The minimum Gasteiger partial charge on any atom is -0.394 e. The molecular weight excluding hydrogens is 530 g/mol. The minimum atomic E-state index is -1.19. The summed E-state index contributed by atoms with van der Waals surface area (Å²) in [5.74, 6) is -2.47. The van der Waals surface area contributed by atoms with E-state index in [-0.39, 0.29) is 37.4 Å². The average molecular weight is 572 g/mol. The molecule has 2 unspecified atom stereocenters. The Morgan fingerprint density at radius 3 is 2.24 bits per heavy atom. The van der Waals surface area contributed by atoms with Crippen molar-refractivity contribution in [1.82, 2.24) is 9.80 Å². The van der Waals surface area contributed by atoms with E-state index in [9.17, 15) is 19.5 Å². The Balaban J connectivity index is 1.63. The highest BCUT2D eigenvalue weighted by Crippen LogP contribution is 2.60. The summed E-state index contributed by atoms with van der Waals surface area (Å²) in [4.78, 5) is 48.6. The second-order valence-corrected chi connectivity index (χ2v) is 12.4. The third kappa shape index (κ3) is 4.76. The van der Waals surface area contributed by atoms with Crippen molar-refractivity contribution in [3.05, 3.63) is 91.5 Å². The lowest BCUT2D eigenvalue weighted by atomic mass is 9.70. The van der Waals surface area contributed by atoms with Gasteiger partial charge in [0.1, 0.15) is 11.6 Å². The molecule has 6 atom stereocenters. The average Bonchev–Trinajstić information content (AvgIpc) is 3.62. The molecule has 0 radical (unpaired) electrons. The second kappa shape index (κ2) is 11.5. The van der Waals surface area contributed by atoms with Gasteiger partial charge in [-0.3, -0.25) is 14.4 Å². The summed E-state index contributed by atoms with van der Waals surface area (Å²) >= 11 is 0. The third-order valence-electron chi connectivity index (χ3n) is 8.98. The first kappa shape index (κ1) is 29.7. The number of fused-ring (bicyclic) bond motifs is 1. The maximum absolute atomic E-state index is 14.7. The zero-order valence-electron chi connectivity index (χ0n) is 24.7. The molecule has 0 saturated carbocycles. The Kier molecular flexibility index (Phi) is 8.14. The monoisotopic (exact) mass is 571 g/mol. The molecule has 2 bridgehead atoms. The summed E-state index contributed by atoms with van der Waals surface area (Å²) in [6.45, 7) is 13.7. The van der Waals surface area contributed by atoms with Crippen LogP contribution < -0.4 is 4.90 Å². The van der Waals surface area contributed by atoms with E-state index in [0.29, 0.717) is 24.1 Å². The van der Waals surface area contributed by atoms with Crippen LogP contribution in [0.5, 0.6) is 0 Å². The topological polar surface area (TPSA) is 90.4 Å². The number of ether oxygens (including phenoxy) is 1. The van der Waals surface area contributed by atoms with E-state index in [4.69, 9.17) is 4.74 Å². The predicted molar refractivity (Wildman–Crippen MR) is 161 cm³/mol. The van der Waals surface area contributed by atoms with Crippen molar-refractivity contribution in [1.29, 1.82) is 0 Å². The Bertz CT molecular complexity index is 1340. The van der Waals surface area contributed by atoms with Gasteiger partial charge in [-0.05, 0) is 51.3 Å². The molecule has 3 aliphatic rings. The molecule has 3 heterocycles. The molecule has 1 N–H and O–H groups in total. The van der Waals surface area contributed by atoms with Gasteiger partial charge in [0.05, 0.1) is 30.6 Å². The molecule has 2 aromatic rings. The van der Waals surface area contributed by atoms with Crippen molar-refractivity contribution < 1.29 is 24.2 Å². The second-order valence-electron chi connectivity index (χ2n) is 12.4. The van der Waals surface area contributed by atoms with Crippen molar-refractivity contribution in [3.63, 3.8) is 0 Å². The number of carbonyl (C=O) groups is 3. The number of aliphatic hydroxyl groups excluding tert-OH is 1. The molecule has 0 aromatic heterocycles. The number of hydrogen-bond acceptors (Lipinski definition) is 5. The predicted octanol–water partition coefficient (Wildman–Crippen LogP) is 4.13. The molecule has 42 heavy (non-hydrogen) atoms. The van der Waals surface area contributed by atoms with E-state index in [1.165, 1.54) is 4.90 Å². The van der Waals surface area contributed by atoms with Gasteiger partial charge in [0.15, 0.2) is 0 Å². The van der Waals surface area contributed by atoms with E-state index in [0.717, 1.165) is 0 Å². The van der Waals surface area contributed by atoms with E-state index >= 15 is 0 Å². The van der Waals surface area contributed by atoms with E-state index < -0.39 is 41.2 Å². The van der Waals surface area contributed by atoms with Crippen LogP contribution in [0, 0.1) is 11.8 Å². The minimum absolute atomic E-state index is 0.224. The Labute approximate surface area is 248 Å². The Hall–Kier alpha value is -3.75. The first-order chi connectivity index (χ1) is 20.1. The molecule has 8 nitrogen and oxygen atoms in total. The molecule has 3 fully saturated rings. The lowest BCUT2D eigenvalue weighted by molar-refractivity contribution is -0.154. The third-order valence-corrected chi connectivity index (χ3v) is 8.98. The van der Waals surface area contributed by atoms with E-state index in [2.05, 4.69) is 13.2 Å². The molecule has 222 valence electrons. The number of anilines is 1. The summed E-state index contributed by atoms with van der Waals surface area (Å²) in [6.07, 6.45) is 3.87. The fourth-order valence-corrected chi connectivity index (χ4v) is 7.23. The highest BCUT2D eigenvalue weighted by molar-refractivity contribution is 6.03. The van der Waals surface area contributed by atoms with Gasteiger partial charge < -0.3 is 24.5 Å². The fraction of sp³-hybridized carbons (Fsp3) is 0.441. The summed E-state index contributed by atoms with van der Waals surface area (Å²) in [5.41, 5.74) is -0.348. The van der Waals surface area contributed by atoms with Crippen molar-refractivity contribution >= 4 is 23.4 Å². The zero-order chi connectivity index (χ0) is 30.2. The number of hydrogen-bond donors (Lipinski definition) is 1. The number of amides is 3. The maximum Gasteiger partial charge on any atom is 0.249 e. The van der Waals surface area contributed by atoms with E-state index in [1.54, 1.807) is 22.0 Å². The van der Waals surface area contributed by atoms with Crippen molar-refractivity contribution in [3.8, 4) is 0 Å². The Morgan fingerprint density at radius 1 is 1.05 bits per heavy atom. The molecule has 0 aliphatic carbocycles. The van der Waals surface area contributed by atoms with Crippen molar-refractivity contribution in [2.24, 2.45) is 11.8 Å². The van der Waals surface area contributed by atoms with Crippen LogP contribution in [0.3, 0.4) is 0 Å². The standard InChI is InChI=1S/C34H41N3O5/c1-6-20-35(24-16-12-9-13-17-24)30(39)27-26-18-19-34(42-26)28(27)31(40)37(25(22-38)23-14-10-8-11-15-23)29(34)32(41)36(21-7-2)33(3,4)5/h6-17,25-29,38H,1-2,18-22H2,3-5H3/t25-,26+,27-,28+,29?,34?/m1/s1. The highest BCUT2D eigenvalue weighted by atomic mass is 16.5. The van der Waals surface area contributed by atoms with Gasteiger partial charge in [-0.15, -0.1) is 13.2 Å². The lowest BCUT2D eigenvalue weighted by Gasteiger charge is -2.43. The molecule has 3 amide bonds. The zero-order valence-corrected chi connectivity index (χ0v) is 24.7. The largest absolute Gasteiger partial charge is 0.394 e. The van der Waals surface area contributed by atoms with Gasteiger partial charge in [-0.1, -0.05) is 60.7 Å². The number of aliphatic hydroxyl groups is 1. The number of carbonyl (C=O) groups excluding carboxylic acids is 3. The highest BCUT2D eigenvalue weighted by Gasteiger charge is 2.75. The normalized spacial score (nSPS) is 27.0. The van der Waals surface area contributed by atoms with Crippen LogP contribution in [-0.2, 0) is 19.1 Å². The smallest absolute Gasteiger partial charge is 0.249 e. The Morgan fingerprint density at radius 2 is 1.67 bits per heavy atom. The van der Waals surface area contributed by atoms with Crippen LogP contribution in [0.4, 0.5) is 5.69 Å². The molecule has 2 aromatic carbocycles. The first-order valence-corrected chi connectivity index (χ1v) is 14.7. The molecular formula is C34H41N3O5. The fourth-order valence-electron chi connectivity index (χ4n) is 7.23. The van der Waals surface area contributed by atoms with Gasteiger partial charge in [-0.2, -0.15) is 0 Å².